The maximum Gasteiger partial charge on any atom is 0.223 e. The molecule has 1 aromatic carbocycles. The third kappa shape index (κ3) is 2.45. The van der Waals surface area contributed by atoms with Gasteiger partial charge >= 0.3 is 0 Å². The number of Topliss-reactive ketones (excluding diaryl/α,β-unsaturated/α-hetero) is 1. The second kappa shape index (κ2) is 5.41. The van der Waals surface area contributed by atoms with Gasteiger partial charge in [-0.05, 0) is 30.5 Å². The first-order valence-electron chi connectivity index (χ1n) is 5.74. The molecule has 0 saturated heterocycles. The monoisotopic (exact) mass is 329 g/mol. The van der Waals surface area contributed by atoms with E-state index in [1.54, 1.807) is 17.9 Å². The number of halogens is 2. The van der Waals surface area contributed by atoms with Crippen molar-refractivity contribution >= 4 is 44.9 Å². The summed E-state index contributed by atoms with van der Waals surface area (Å²) in [6.07, 6.45) is 1.87. The Kier molecular flexibility index (Phi) is 4.07. The zero-order chi connectivity index (χ0) is 13.3. The molecule has 0 N–H and O–H groups in total. The maximum absolute atomic E-state index is 11.7. The summed E-state index contributed by atoms with van der Waals surface area (Å²) in [5.74, 6) is -0.194. The van der Waals surface area contributed by atoms with Crippen molar-refractivity contribution in [2.75, 3.05) is 17.3 Å². The van der Waals surface area contributed by atoms with Crippen molar-refractivity contribution in [1.82, 2.24) is 0 Å². The molecule has 0 unspecified atom stereocenters. The van der Waals surface area contributed by atoms with Crippen molar-refractivity contribution in [1.29, 1.82) is 0 Å². The van der Waals surface area contributed by atoms with Gasteiger partial charge in [-0.1, -0.05) is 15.9 Å². The van der Waals surface area contributed by atoms with Crippen LogP contribution < -0.4 is 4.90 Å². The van der Waals surface area contributed by atoms with E-state index in [4.69, 9.17) is 11.6 Å². The number of nitrogens with zero attached hydrogens (tertiary/aromatic N) is 1. The molecule has 0 saturated carbocycles. The smallest absolute Gasteiger partial charge is 0.223 e. The molecule has 1 heterocycles. The minimum Gasteiger partial charge on any atom is -0.312 e. The average Bonchev–Trinajstić information content (AvgIpc) is 2.36. The summed E-state index contributed by atoms with van der Waals surface area (Å²) in [4.78, 5) is 25.1. The van der Waals surface area contributed by atoms with Crippen LogP contribution in [0.25, 0.3) is 0 Å². The van der Waals surface area contributed by atoms with Gasteiger partial charge in [-0.25, -0.2) is 0 Å². The van der Waals surface area contributed by atoms with Gasteiger partial charge in [-0.2, -0.15) is 0 Å². The maximum atomic E-state index is 11.7. The molecule has 96 valence electrons. The van der Waals surface area contributed by atoms with Crippen LogP contribution in [-0.2, 0) is 11.2 Å². The number of amides is 1. The molecule has 18 heavy (non-hydrogen) atoms. The highest BCUT2D eigenvalue weighted by atomic mass is 79.9. The number of aryl methyl sites for hydroxylation is 1. The number of benzene rings is 1. The number of hydrogen-bond donors (Lipinski definition) is 0. The molecule has 1 aliphatic heterocycles. The number of alkyl halides is 1. The van der Waals surface area contributed by atoms with Gasteiger partial charge in [-0.15, -0.1) is 11.6 Å². The number of carbonyl (C=O) groups is 2. The highest BCUT2D eigenvalue weighted by Gasteiger charge is 2.23. The van der Waals surface area contributed by atoms with E-state index >= 15 is 0 Å². The summed E-state index contributed by atoms with van der Waals surface area (Å²) in [5, 5.41) is 0. The summed E-state index contributed by atoms with van der Waals surface area (Å²) >= 11 is 8.98. The number of rotatable bonds is 2. The van der Waals surface area contributed by atoms with Crippen molar-refractivity contribution < 1.29 is 9.59 Å². The van der Waals surface area contributed by atoms with E-state index in [2.05, 4.69) is 15.9 Å². The summed E-state index contributed by atoms with van der Waals surface area (Å²) in [6.45, 7) is 2.25. The van der Waals surface area contributed by atoms with Gasteiger partial charge < -0.3 is 4.90 Å². The molecular weight excluding hydrogens is 318 g/mol. The van der Waals surface area contributed by atoms with Crippen molar-refractivity contribution in [2.45, 2.75) is 19.8 Å². The molecule has 0 bridgehead atoms. The second-order valence-electron chi connectivity index (χ2n) is 4.29. The Labute approximate surface area is 119 Å². The molecule has 5 heteroatoms. The van der Waals surface area contributed by atoms with E-state index in [-0.39, 0.29) is 17.6 Å². The van der Waals surface area contributed by atoms with Crippen molar-refractivity contribution in [3.05, 3.63) is 27.7 Å². The first-order chi connectivity index (χ1) is 8.54. The Morgan fingerprint density at radius 2 is 2.17 bits per heavy atom. The van der Waals surface area contributed by atoms with Crippen LogP contribution in [0.4, 0.5) is 5.69 Å². The van der Waals surface area contributed by atoms with Gasteiger partial charge in [0, 0.05) is 29.2 Å². The van der Waals surface area contributed by atoms with Gasteiger partial charge in [0.2, 0.25) is 5.91 Å². The third-order valence-corrected chi connectivity index (χ3v) is 3.99. The first kappa shape index (κ1) is 13.6. The van der Waals surface area contributed by atoms with Crippen LogP contribution in [0.2, 0.25) is 0 Å². The van der Waals surface area contributed by atoms with Gasteiger partial charge in [0.05, 0.1) is 5.88 Å². The Bertz CT molecular complexity index is 516. The zero-order valence-electron chi connectivity index (χ0n) is 10.0. The standard InChI is InChI=1S/C13H13BrClNO2/c1-8(17)16-4-2-3-9-5-11(14)10(6-12(9)16)13(18)7-15/h5-6H,2-4,7H2,1H3. The predicted octanol–water partition coefficient (Wildman–Crippen LogP) is 3.17. The lowest BCUT2D eigenvalue weighted by Gasteiger charge is -2.29. The highest BCUT2D eigenvalue weighted by molar-refractivity contribution is 9.10. The van der Waals surface area contributed by atoms with E-state index < -0.39 is 0 Å². The largest absolute Gasteiger partial charge is 0.312 e. The van der Waals surface area contributed by atoms with E-state index in [9.17, 15) is 9.59 Å². The predicted molar refractivity (Wildman–Crippen MR) is 75.5 cm³/mol. The van der Waals surface area contributed by atoms with Gasteiger partial charge in [0.1, 0.15) is 0 Å². The van der Waals surface area contributed by atoms with Crippen LogP contribution in [-0.4, -0.2) is 24.1 Å². The lowest BCUT2D eigenvalue weighted by atomic mass is 9.98. The summed E-state index contributed by atoms with van der Waals surface area (Å²) in [7, 11) is 0. The van der Waals surface area contributed by atoms with Gasteiger partial charge in [0.15, 0.2) is 5.78 Å². The van der Waals surface area contributed by atoms with E-state index in [1.165, 1.54) is 0 Å². The fourth-order valence-corrected chi connectivity index (χ4v) is 2.97. The first-order valence-corrected chi connectivity index (χ1v) is 7.07. The van der Waals surface area contributed by atoms with Gasteiger partial charge in [0.25, 0.3) is 0 Å². The molecule has 0 spiro atoms. The molecule has 1 aromatic rings. The topological polar surface area (TPSA) is 37.4 Å². The van der Waals surface area contributed by atoms with Crippen LogP contribution >= 0.6 is 27.5 Å². The molecule has 0 atom stereocenters. The molecule has 0 aliphatic carbocycles. The quantitative estimate of drug-likeness (QED) is 0.617. The average molecular weight is 331 g/mol. The SMILES string of the molecule is CC(=O)N1CCCc2cc(Br)c(C(=O)CCl)cc21. The molecule has 0 fully saturated rings. The molecule has 2 rings (SSSR count). The van der Waals surface area contributed by atoms with Gasteiger partial charge in [-0.3, -0.25) is 9.59 Å². The van der Waals surface area contributed by atoms with Crippen LogP contribution in [0, 0.1) is 0 Å². The van der Waals surface area contributed by atoms with Crippen LogP contribution in [0.5, 0.6) is 0 Å². The van der Waals surface area contributed by atoms with Crippen LogP contribution in [0.1, 0.15) is 29.3 Å². The number of hydrogen-bond acceptors (Lipinski definition) is 2. The van der Waals surface area contributed by atoms with Crippen molar-refractivity contribution in [3.63, 3.8) is 0 Å². The van der Waals surface area contributed by atoms with E-state index in [0.717, 1.165) is 28.6 Å². The van der Waals surface area contributed by atoms with E-state index in [1.807, 2.05) is 6.07 Å². The zero-order valence-corrected chi connectivity index (χ0v) is 12.3. The van der Waals surface area contributed by atoms with Crippen LogP contribution in [0.15, 0.2) is 16.6 Å². The fraction of sp³-hybridized carbons (Fsp3) is 0.385. The fourth-order valence-electron chi connectivity index (χ4n) is 2.22. The summed E-state index contributed by atoms with van der Waals surface area (Å²) in [6, 6.07) is 3.69. The Balaban J connectivity index is 2.53. The number of carbonyl (C=O) groups excluding carboxylic acids is 2. The molecule has 0 aromatic heterocycles. The number of fused-ring (bicyclic) bond motifs is 1. The number of anilines is 1. The summed E-state index contributed by atoms with van der Waals surface area (Å²) in [5.41, 5.74) is 2.47. The van der Waals surface area contributed by atoms with Crippen LogP contribution in [0.3, 0.4) is 0 Å². The third-order valence-electron chi connectivity index (χ3n) is 3.09. The normalized spacial score (nSPS) is 14.3. The van der Waals surface area contributed by atoms with E-state index in [0.29, 0.717) is 12.1 Å². The lowest BCUT2D eigenvalue weighted by molar-refractivity contribution is -0.116. The van der Waals surface area contributed by atoms with Crippen molar-refractivity contribution in [3.8, 4) is 0 Å². The minimum atomic E-state index is -0.139. The van der Waals surface area contributed by atoms with Crippen molar-refractivity contribution in [2.24, 2.45) is 0 Å². The summed E-state index contributed by atoms with van der Waals surface area (Å²) < 4.78 is 0.748. The second-order valence-corrected chi connectivity index (χ2v) is 5.41. The Hall–Kier alpha value is -0.870. The lowest BCUT2D eigenvalue weighted by Crippen LogP contribution is -2.33. The Morgan fingerprint density at radius 1 is 1.44 bits per heavy atom. The molecule has 1 aliphatic rings. The molecule has 1 amide bonds. The number of ketones is 1. The minimum absolute atomic E-state index is 0.00236. The molecule has 3 nitrogen and oxygen atoms in total. The highest BCUT2D eigenvalue weighted by Crippen LogP contribution is 2.33. The molecule has 0 radical (unpaired) electrons. The Morgan fingerprint density at radius 3 is 2.78 bits per heavy atom. The molecular formula is C13H13BrClNO2.